The highest BCUT2D eigenvalue weighted by molar-refractivity contribution is 7.92. The second kappa shape index (κ2) is 8.58. The fraction of sp³-hybridized carbons (Fsp3) is 0.375. The molecule has 0 aliphatic heterocycles. The van der Waals surface area contributed by atoms with Crippen LogP contribution in [0.15, 0.2) is 36.4 Å². The van der Waals surface area contributed by atoms with Gasteiger partial charge in [0.05, 0.1) is 5.75 Å². The lowest BCUT2D eigenvalue weighted by atomic mass is 10.1. The molecule has 0 unspecified atom stereocenters. The van der Waals surface area contributed by atoms with E-state index in [1.165, 1.54) is 12.1 Å². The first-order valence-corrected chi connectivity index (χ1v) is 9.46. The van der Waals surface area contributed by atoms with E-state index in [2.05, 4.69) is 20.2 Å². The van der Waals surface area contributed by atoms with E-state index in [9.17, 15) is 12.8 Å². The van der Waals surface area contributed by atoms with E-state index in [-0.39, 0.29) is 17.4 Å². The molecule has 0 saturated heterocycles. The molecule has 24 heavy (non-hydrogen) atoms. The Morgan fingerprint density at radius 3 is 2.33 bits per heavy atom. The van der Waals surface area contributed by atoms with Crippen molar-refractivity contribution in [3.8, 4) is 0 Å². The Kier molecular flexibility index (Phi) is 6.48. The van der Waals surface area contributed by atoms with Gasteiger partial charge in [0.1, 0.15) is 11.6 Å². The molecule has 0 saturated carbocycles. The van der Waals surface area contributed by atoms with Gasteiger partial charge in [-0.2, -0.15) is 0 Å². The van der Waals surface area contributed by atoms with Crippen LogP contribution in [0.3, 0.4) is 0 Å². The van der Waals surface area contributed by atoms with Crippen molar-refractivity contribution in [1.29, 1.82) is 0 Å². The SMILES string of the molecule is CCCCS(=O)(=O)Nc1ccc(NCCc2ccc(F)cc2)nn1. The van der Waals surface area contributed by atoms with E-state index in [1.807, 2.05) is 6.92 Å². The van der Waals surface area contributed by atoms with Crippen LogP contribution in [0.2, 0.25) is 0 Å². The number of rotatable bonds is 9. The molecule has 0 aliphatic rings. The van der Waals surface area contributed by atoms with Gasteiger partial charge in [0.15, 0.2) is 5.82 Å². The zero-order valence-electron chi connectivity index (χ0n) is 13.5. The van der Waals surface area contributed by atoms with Crippen LogP contribution in [0.5, 0.6) is 0 Å². The lowest BCUT2D eigenvalue weighted by Crippen LogP contribution is -2.17. The highest BCUT2D eigenvalue weighted by atomic mass is 32.2. The first-order valence-electron chi connectivity index (χ1n) is 7.81. The maximum atomic E-state index is 12.8. The summed E-state index contributed by atoms with van der Waals surface area (Å²) in [5, 5.41) is 10.9. The Hall–Kier alpha value is -2.22. The molecule has 2 rings (SSSR count). The molecule has 1 heterocycles. The summed E-state index contributed by atoms with van der Waals surface area (Å²) in [5.41, 5.74) is 1.01. The Labute approximate surface area is 141 Å². The number of unbranched alkanes of at least 4 members (excludes halogenated alkanes) is 1. The Bertz CT molecular complexity index is 734. The van der Waals surface area contributed by atoms with Crippen molar-refractivity contribution in [2.24, 2.45) is 0 Å². The van der Waals surface area contributed by atoms with Crippen LogP contribution in [0, 0.1) is 5.82 Å². The highest BCUT2D eigenvalue weighted by Gasteiger charge is 2.10. The monoisotopic (exact) mass is 352 g/mol. The summed E-state index contributed by atoms with van der Waals surface area (Å²) < 4.78 is 38.8. The molecule has 0 spiro atoms. The smallest absolute Gasteiger partial charge is 0.233 e. The van der Waals surface area contributed by atoms with Crippen molar-refractivity contribution in [3.63, 3.8) is 0 Å². The van der Waals surface area contributed by atoms with E-state index < -0.39 is 10.0 Å². The van der Waals surface area contributed by atoms with Crippen LogP contribution in [0.25, 0.3) is 0 Å². The number of nitrogens with one attached hydrogen (secondary N) is 2. The fourth-order valence-corrected chi connectivity index (χ4v) is 3.21. The van der Waals surface area contributed by atoms with E-state index in [4.69, 9.17) is 0 Å². The molecular weight excluding hydrogens is 331 g/mol. The van der Waals surface area contributed by atoms with Crippen molar-refractivity contribution in [2.45, 2.75) is 26.2 Å². The number of hydrogen-bond donors (Lipinski definition) is 2. The molecule has 1 aromatic heterocycles. The van der Waals surface area contributed by atoms with Crippen molar-refractivity contribution < 1.29 is 12.8 Å². The average molecular weight is 352 g/mol. The Morgan fingerprint density at radius 2 is 1.71 bits per heavy atom. The largest absolute Gasteiger partial charge is 0.368 e. The predicted molar refractivity (Wildman–Crippen MR) is 92.9 cm³/mol. The maximum Gasteiger partial charge on any atom is 0.233 e. The van der Waals surface area contributed by atoms with Crippen molar-refractivity contribution in [3.05, 3.63) is 47.8 Å². The predicted octanol–water partition coefficient (Wildman–Crippen LogP) is 2.81. The van der Waals surface area contributed by atoms with Gasteiger partial charge in [0.2, 0.25) is 10.0 Å². The average Bonchev–Trinajstić information content (AvgIpc) is 2.56. The fourth-order valence-electron chi connectivity index (χ4n) is 2.01. The van der Waals surface area contributed by atoms with E-state index >= 15 is 0 Å². The summed E-state index contributed by atoms with van der Waals surface area (Å²) in [7, 11) is -3.37. The summed E-state index contributed by atoms with van der Waals surface area (Å²) in [6, 6.07) is 9.54. The number of aromatic nitrogens is 2. The number of sulfonamides is 1. The Balaban J connectivity index is 1.82. The van der Waals surface area contributed by atoms with Gasteiger partial charge < -0.3 is 5.32 Å². The molecule has 2 aromatic rings. The van der Waals surface area contributed by atoms with Gasteiger partial charge in [0.25, 0.3) is 0 Å². The standard InChI is InChI=1S/C16H21FN4O2S/c1-2-3-12-24(22,23)21-16-9-8-15(19-20-16)18-11-10-13-4-6-14(17)7-5-13/h4-9H,2-3,10-12H2,1H3,(H,18,19)(H,20,21). The summed E-state index contributed by atoms with van der Waals surface area (Å²) in [4.78, 5) is 0. The molecule has 0 bridgehead atoms. The minimum Gasteiger partial charge on any atom is -0.368 e. The van der Waals surface area contributed by atoms with Gasteiger partial charge in [-0.15, -0.1) is 10.2 Å². The van der Waals surface area contributed by atoms with Gasteiger partial charge in [0, 0.05) is 6.54 Å². The molecule has 130 valence electrons. The number of hydrogen-bond acceptors (Lipinski definition) is 5. The van der Waals surface area contributed by atoms with Crippen molar-refractivity contribution in [2.75, 3.05) is 22.3 Å². The molecule has 0 aliphatic carbocycles. The summed E-state index contributed by atoms with van der Waals surface area (Å²) in [5.74, 6) is 0.571. The molecular formula is C16H21FN4O2S. The van der Waals surface area contributed by atoms with Crippen LogP contribution in [-0.4, -0.2) is 30.9 Å². The number of nitrogens with zero attached hydrogens (tertiary/aromatic N) is 2. The third-order valence-electron chi connectivity index (χ3n) is 3.32. The quantitative estimate of drug-likeness (QED) is 0.725. The van der Waals surface area contributed by atoms with Gasteiger partial charge in [-0.1, -0.05) is 25.5 Å². The minimum atomic E-state index is -3.37. The lowest BCUT2D eigenvalue weighted by Gasteiger charge is -2.08. The molecule has 1 aromatic carbocycles. The molecule has 0 atom stereocenters. The van der Waals surface area contributed by atoms with Crippen LogP contribution in [-0.2, 0) is 16.4 Å². The number of halogens is 1. The second-order valence-corrected chi connectivity index (χ2v) is 7.22. The first-order chi connectivity index (χ1) is 11.5. The summed E-state index contributed by atoms with van der Waals surface area (Å²) >= 11 is 0. The van der Waals surface area contributed by atoms with E-state index in [1.54, 1.807) is 24.3 Å². The third-order valence-corrected chi connectivity index (χ3v) is 4.67. The molecule has 0 fully saturated rings. The van der Waals surface area contributed by atoms with Crippen LogP contribution < -0.4 is 10.0 Å². The van der Waals surface area contributed by atoms with Gasteiger partial charge in [-0.05, 0) is 42.7 Å². The van der Waals surface area contributed by atoms with Crippen molar-refractivity contribution >= 4 is 21.7 Å². The van der Waals surface area contributed by atoms with E-state index in [0.29, 0.717) is 25.2 Å². The highest BCUT2D eigenvalue weighted by Crippen LogP contribution is 2.09. The number of anilines is 2. The molecule has 6 nitrogen and oxygen atoms in total. The zero-order valence-corrected chi connectivity index (χ0v) is 14.3. The molecule has 2 N–H and O–H groups in total. The van der Waals surface area contributed by atoms with Gasteiger partial charge >= 0.3 is 0 Å². The zero-order chi connectivity index (χ0) is 17.4. The molecule has 8 heteroatoms. The summed E-state index contributed by atoms with van der Waals surface area (Å²) in [6.07, 6.45) is 2.13. The van der Waals surface area contributed by atoms with Crippen LogP contribution in [0.1, 0.15) is 25.3 Å². The maximum absolute atomic E-state index is 12.8. The topological polar surface area (TPSA) is 84.0 Å². The molecule has 0 amide bonds. The van der Waals surface area contributed by atoms with E-state index in [0.717, 1.165) is 12.0 Å². The van der Waals surface area contributed by atoms with Crippen LogP contribution >= 0.6 is 0 Å². The van der Waals surface area contributed by atoms with Gasteiger partial charge in [-0.3, -0.25) is 4.72 Å². The Morgan fingerprint density at radius 1 is 1.04 bits per heavy atom. The molecule has 0 radical (unpaired) electrons. The number of benzene rings is 1. The summed E-state index contributed by atoms with van der Waals surface area (Å²) in [6.45, 7) is 2.55. The van der Waals surface area contributed by atoms with Crippen LogP contribution in [0.4, 0.5) is 16.0 Å². The third kappa shape index (κ3) is 6.11. The normalized spacial score (nSPS) is 11.2. The van der Waals surface area contributed by atoms with Crippen molar-refractivity contribution in [1.82, 2.24) is 10.2 Å². The first kappa shape index (κ1) is 18.1. The minimum absolute atomic E-state index is 0.0723. The van der Waals surface area contributed by atoms with Gasteiger partial charge in [-0.25, -0.2) is 12.8 Å². The second-order valence-electron chi connectivity index (χ2n) is 5.38. The lowest BCUT2D eigenvalue weighted by molar-refractivity contribution is 0.597.